The van der Waals surface area contributed by atoms with Crippen LogP contribution in [0.2, 0.25) is 0 Å². The molecule has 0 unspecified atom stereocenters. The molecule has 2 atom stereocenters. The summed E-state index contributed by atoms with van der Waals surface area (Å²) in [7, 11) is 0. The van der Waals surface area contributed by atoms with Crippen LogP contribution < -0.4 is 5.32 Å². The van der Waals surface area contributed by atoms with Crippen LogP contribution in [0.1, 0.15) is 34.1 Å². The van der Waals surface area contributed by atoms with Gasteiger partial charge >= 0.3 is 0 Å². The second-order valence-corrected chi connectivity index (χ2v) is 4.37. The first-order chi connectivity index (χ1) is 4.96. The van der Waals surface area contributed by atoms with Crippen LogP contribution in [0.4, 0.5) is 0 Å². The van der Waals surface area contributed by atoms with Gasteiger partial charge in [-0.3, -0.25) is 4.79 Å². The van der Waals surface area contributed by atoms with Gasteiger partial charge in [-0.05, 0) is 11.8 Å². The first-order valence-corrected chi connectivity index (χ1v) is 4.27. The smallest absolute Gasteiger partial charge is 0.225 e. The van der Waals surface area contributed by atoms with Gasteiger partial charge in [-0.25, -0.2) is 0 Å². The molecule has 0 spiro atoms. The van der Waals surface area contributed by atoms with E-state index in [1.807, 2.05) is 0 Å². The fourth-order valence-corrected chi connectivity index (χ4v) is 1.66. The standard InChI is InChI=1S/C9H17NO/c1-5-6-7(9(2,3)4)10-8(6)11/h6-7H,5H2,1-4H3,(H,10,11)/t6-,7-/m1/s1. The third kappa shape index (κ3) is 1.39. The summed E-state index contributed by atoms with van der Waals surface area (Å²) in [6.45, 7) is 8.57. The zero-order valence-electron chi connectivity index (χ0n) is 7.77. The van der Waals surface area contributed by atoms with Crippen molar-refractivity contribution in [1.29, 1.82) is 0 Å². The maximum atomic E-state index is 11.0. The molecule has 0 aromatic carbocycles. The molecular formula is C9H17NO. The van der Waals surface area contributed by atoms with E-state index < -0.39 is 0 Å². The van der Waals surface area contributed by atoms with Crippen LogP contribution in [0, 0.1) is 11.3 Å². The Balaban J connectivity index is 2.58. The molecule has 1 aliphatic rings. The predicted molar refractivity (Wildman–Crippen MR) is 45.2 cm³/mol. The van der Waals surface area contributed by atoms with E-state index in [4.69, 9.17) is 0 Å². The van der Waals surface area contributed by atoms with Gasteiger partial charge in [-0.1, -0.05) is 27.7 Å². The molecule has 1 heterocycles. The van der Waals surface area contributed by atoms with Crippen molar-refractivity contribution in [2.75, 3.05) is 0 Å². The molecule has 2 nitrogen and oxygen atoms in total. The van der Waals surface area contributed by atoms with Gasteiger partial charge in [0.05, 0.1) is 5.92 Å². The number of amides is 1. The van der Waals surface area contributed by atoms with Gasteiger partial charge in [0.1, 0.15) is 0 Å². The molecule has 2 heteroatoms. The summed E-state index contributed by atoms with van der Waals surface area (Å²) < 4.78 is 0. The average Bonchev–Trinajstić information content (AvgIpc) is 1.81. The minimum Gasteiger partial charge on any atom is -0.352 e. The maximum Gasteiger partial charge on any atom is 0.225 e. The zero-order chi connectivity index (χ0) is 8.65. The molecule has 0 aliphatic carbocycles. The Morgan fingerprint density at radius 1 is 1.45 bits per heavy atom. The van der Waals surface area contributed by atoms with Crippen LogP contribution in [0.25, 0.3) is 0 Å². The summed E-state index contributed by atoms with van der Waals surface area (Å²) in [4.78, 5) is 11.0. The summed E-state index contributed by atoms with van der Waals surface area (Å²) in [5.41, 5.74) is 0.217. The highest BCUT2D eigenvalue weighted by molar-refractivity contribution is 5.86. The van der Waals surface area contributed by atoms with E-state index in [-0.39, 0.29) is 17.2 Å². The van der Waals surface area contributed by atoms with E-state index in [1.165, 1.54) is 0 Å². The lowest BCUT2D eigenvalue weighted by atomic mass is 9.72. The van der Waals surface area contributed by atoms with Crippen LogP contribution in [0.3, 0.4) is 0 Å². The van der Waals surface area contributed by atoms with E-state index in [9.17, 15) is 4.79 Å². The predicted octanol–water partition coefficient (Wildman–Crippen LogP) is 1.56. The van der Waals surface area contributed by atoms with Crippen molar-refractivity contribution in [3.8, 4) is 0 Å². The number of β-lactam (4-membered cyclic amide) rings is 1. The Labute approximate surface area is 68.4 Å². The number of hydrogen-bond acceptors (Lipinski definition) is 1. The molecule has 0 aromatic heterocycles. The first-order valence-electron chi connectivity index (χ1n) is 4.27. The summed E-state index contributed by atoms with van der Waals surface area (Å²) in [5, 5.41) is 2.94. The van der Waals surface area contributed by atoms with E-state index in [1.54, 1.807) is 0 Å². The molecule has 1 saturated heterocycles. The van der Waals surface area contributed by atoms with Crippen molar-refractivity contribution in [3.05, 3.63) is 0 Å². The molecule has 64 valence electrons. The van der Waals surface area contributed by atoms with E-state index in [0.717, 1.165) is 6.42 Å². The zero-order valence-corrected chi connectivity index (χ0v) is 7.77. The molecule has 1 N–H and O–H groups in total. The number of carbonyl (C=O) groups excluding carboxylic acids is 1. The highest BCUT2D eigenvalue weighted by Gasteiger charge is 2.44. The second kappa shape index (κ2) is 2.50. The van der Waals surface area contributed by atoms with Crippen LogP contribution in [-0.4, -0.2) is 11.9 Å². The highest BCUT2D eigenvalue weighted by Crippen LogP contribution is 2.32. The average molecular weight is 155 g/mol. The molecular weight excluding hydrogens is 138 g/mol. The second-order valence-electron chi connectivity index (χ2n) is 4.37. The summed E-state index contributed by atoms with van der Waals surface area (Å²) in [6, 6.07) is 0.389. The fourth-order valence-electron chi connectivity index (χ4n) is 1.66. The Bertz CT molecular complexity index is 169. The quantitative estimate of drug-likeness (QED) is 0.572. The molecule has 1 rings (SSSR count). The van der Waals surface area contributed by atoms with Crippen LogP contribution in [0.5, 0.6) is 0 Å². The monoisotopic (exact) mass is 155 g/mol. The minimum absolute atomic E-state index is 0.217. The summed E-state index contributed by atoms with van der Waals surface area (Å²) in [6.07, 6.45) is 0.966. The van der Waals surface area contributed by atoms with Crippen LogP contribution >= 0.6 is 0 Å². The number of nitrogens with one attached hydrogen (secondary N) is 1. The number of rotatable bonds is 1. The van der Waals surface area contributed by atoms with Crippen LogP contribution in [-0.2, 0) is 4.79 Å². The van der Waals surface area contributed by atoms with Gasteiger partial charge in [-0.15, -0.1) is 0 Å². The molecule has 11 heavy (non-hydrogen) atoms. The molecule has 1 fully saturated rings. The van der Waals surface area contributed by atoms with Crippen molar-refractivity contribution >= 4 is 5.91 Å². The van der Waals surface area contributed by atoms with Crippen molar-refractivity contribution in [3.63, 3.8) is 0 Å². The molecule has 0 bridgehead atoms. The van der Waals surface area contributed by atoms with Crippen LogP contribution in [0.15, 0.2) is 0 Å². The van der Waals surface area contributed by atoms with Crippen molar-refractivity contribution < 1.29 is 4.79 Å². The molecule has 1 amide bonds. The third-order valence-electron chi connectivity index (χ3n) is 2.41. The number of carbonyl (C=O) groups is 1. The van der Waals surface area contributed by atoms with Gasteiger partial charge in [0.25, 0.3) is 0 Å². The van der Waals surface area contributed by atoms with Crippen molar-refractivity contribution in [2.24, 2.45) is 11.3 Å². The van der Waals surface area contributed by atoms with Crippen molar-refractivity contribution in [1.82, 2.24) is 5.32 Å². The first kappa shape index (κ1) is 8.57. The van der Waals surface area contributed by atoms with Gasteiger partial charge < -0.3 is 5.32 Å². The molecule has 0 radical (unpaired) electrons. The minimum atomic E-state index is 0.217. The van der Waals surface area contributed by atoms with Gasteiger partial charge in [-0.2, -0.15) is 0 Å². The van der Waals surface area contributed by atoms with E-state index in [0.29, 0.717) is 6.04 Å². The lowest BCUT2D eigenvalue weighted by Crippen LogP contribution is -2.63. The highest BCUT2D eigenvalue weighted by atomic mass is 16.2. The topological polar surface area (TPSA) is 29.1 Å². The Morgan fingerprint density at radius 2 is 2.00 bits per heavy atom. The van der Waals surface area contributed by atoms with Gasteiger partial charge in [0.15, 0.2) is 0 Å². The fraction of sp³-hybridized carbons (Fsp3) is 0.889. The summed E-state index contributed by atoms with van der Waals surface area (Å²) in [5.74, 6) is 0.488. The number of hydrogen-bond donors (Lipinski definition) is 1. The summed E-state index contributed by atoms with van der Waals surface area (Å²) >= 11 is 0. The maximum absolute atomic E-state index is 11.0. The van der Waals surface area contributed by atoms with E-state index >= 15 is 0 Å². The lowest BCUT2D eigenvalue weighted by molar-refractivity contribution is -0.138. The van der Waals surface area contributed by atoms with Gasteiger partial charge in [0.2, 0.25) is 5.91 Å². The molecule has 1 aliphatic heterocycles. The van der Waals surface area contributed by atoms with Gasteiger partial charge in [0, 0.05) is 6.04 Å². The lowest BCUT2D eigenvalue weighted by Gasteiger charge is -2.44. The normalized spacial score (nSPS) is 31.1. The Hall–Kier alpha value is -0.530. The largest absolute Gasteiger partial charge is 0.352 e. The Morgan fingerprint density at radius 3 is 2.18 bits per heavy atom. The van der Waals surface area contributed by atoms with E-state index in [2.05, 4.69) is 33.0 Å². The molecule has 0 aromatic rings. The Kier molecular flexibility index (Phi) is 1.95. The third-order valence-corrected chi connectivity index (χ3v) is 2.41. The van der Waals surface area contributed by atoms with Crippen molar-refractivity contribution in [2.45, 2.75) is 40.2 Å². The molecule has 0 saturated carbocycles. The SMILES string of the molecule is CC[C@H]1C(=O)N[C@H]1C(C)(C)C.